The van der Waals surface area contributed by atoms with Crippen LogP contribution in [0.3, 0.4) is 0 Å². The molecule has 0 bridgehead atoms. The topological polar surface area (TPSA) is 184 Å². The van der Waals surface area contributed by atoms with Crippen LogP contribution in [0.25, 0.3) is 5.69 Å². The zero-order chi connectivity index (χ0) is 25.9. The van der Waals surface area contributed by atoms with E-state index in [4.69, 9.17) is 5.11 Å². The van der Waals surface area contributed by atoms with Crippen molar-refractivity contribution in [1.82, 2.24) is 14.8 Å². The highest BCUT2D eigenvalue weighted by molar-refractivity contribution is 7.92. The maximum atomic E-state index is 13.0. The van der Waals surface area contributed by atoms with Crippen molar-refractivity contribution in [3.8, 4) is 11.4 Å². The average molecular weight is 510 g/mol. The Balaban J connectivity index is 1.58. The van der Waals surface area contributed by atoms with E-state index < -0.39 is 38.2 Å². The number of carbonyl (C=O) groups is 2. The number of carboxylic acids is 2. The minimum atomic E-state index is -4.47. The maximum absolute atomic E-state index is 13.0. The number of nitrogens with one attached hydrogen (secondary N) is 2. The van der Waals surface area contributed by atoms with E-state index in [9.17, 15) is 28.2 Å². The Morgan fingerprint density at radius 3 is 2.31 bits per heavy atom. The van der Waals surface area contributed by atoms with Gasteiger partial charge in [0.15, 0.2) is 0 Å². The van der Waals surface area contributed by atoms with Crippen molar-refractivity contribution in [3.63, 3.8) is 0 Å². The van der Waals surface area contributed by atoms with Crippen molar-refractivity contribution in [2.45, 2.75) is 11.4 Å². The van der Waals surface area contributed by atoms with Crippen molar-refractivity contribution >= 4 is 33.3 Å². The second-order valence-electron chi connectivity index (χ2n) is 7.49. The number of sulfonamides is 1. The van der Waals surface area contributed by atoms with Gasteiger partial charge in [0.1, 0.15) is 28.9 Å². The monoisotopic (exact) mass is 509 g/mol. The van der Waals surface area contributed by atoms with Gasteiger partial charge in [0.05, 0.1) is 22.6 Å². The number of phenolic OH excluding ortho intramolecular Hbond substituents is 1. The first-order valence-electron chi connectivity index (χ1n) is 10.3. The van der Waals surface area contributed by atoms with Gasteiger partial charge in [-0.25, -0.2) is 27.7 Å². The molecule has 1 heterocycles. The smallest absolute Gasteiger partial charge is 0.339 e. The molecule has 4 rings (SSSR count). The Morgan fingerprint density at radius 1 is 0.944 bits per heavy atom. The SMILES string of the molecule is O=C(O)c1ccc(NS(=O)(=O)c2cccc(NCc3ccc(-n4cncn4)cc3)c2C(=O)O)c(O)c1. The van der Waals surface area contributed by atoms with Gasteiger partial charge in [-0.15, -0.1) is 0 Å². The van der Waals surface area contributed by atoms with E-state index >= 15 is 0 Å². The first-order valence-corrected chi connectivity index (χ1v) is 11.8. The van der Waals surface area contributed by atoms with Crippen LogP contribution in [-0.2, 0) is 16.6 Å². The Hall–Kier alpha value is -4.91. The summed E-state index contributed by atoms with van der Waals surface area (Å²) in [5, 5.41) is 35.8. The summed E-state index contributed by atoms with van der Waals surface area (Å²) < 4.78 is 29.7. The Morgan fingerprint density at radius 2 is 1.69 bits per heavy atom. The minimum absolute atomic E-state index is 0.0659. The molecular weight excluding hydrogens is 490 g/mol. The molecule has 3 aromatic carbocycles. The number of benzene rings is 3. The highest BCUT2D eigenvalue weighted by Gasteiger charge is 2.26. The quantitative estimate of drug-likeness (QED) is 0.210. The zero-order valence-corrected chi connectivity index (χ0v) is 19.2. The van der Waals surface area contributed by atoms with Crippen molar-refractivity contribution < 1.29 is 33.3 Å². The van der Waals surface area contributed by atoms with E-state index in [0.29, 0.717) is 0 Å². The number of phenols is 1. The van der Waals surface area contributed by atoms with E-state index in [2.05, 4.69) is 20.1 Å². The van der Waals surface area contributed by atoms with Crippen LogP contribution >= 0.6 is 0 Å². The van der Waals surface area contributed by atoms with Gasteiger partial charge in [-0.1, -0.05) is 18.2 Å². The number of rotatable bonds is 9. The van der Waals surface area contributed by atoms with Crippen LogP contribution in [-0.4, -0.2) is 50.4 Å². The molecule has 0 aliphatic heterocycles. The summed E-state index contributed by atoms with van der Waals surface area (Å²) in [6, 6.07) is 14.2. The largest absolute Gasteiger partial charge is 0.506 e. The third-order valence-electron chi connectivity index (χ3n) is 5.12. The second kappa shape index (κ2) is 9.76. The molecule has 0 radical (unpaired) electrons. The third-order valence-corrected chi connectivity index (χ3v) is 6.53. The van der Waals surface area contributed by atoms with Gasteiger partial charge < -0.3 is 20.6 Å². The molecule has 12 nitrogen and oxygen atoms in total. The van der Waals surface area contributed by atoms with E-state index in [1.807, 2.05) is 0 Å². The van der Waals surface area contributed by atoms with Gasteiger partial charge in [0, 0.05) is 6.54 Å². The number of anilines is 2. The van der Waals surface area contributed by atoms with E-state index in [1.54, 1.807) is 35.3 Å². The maximum Gasteiger partial charge on any atom is 0.339 e. The summed E-state index contributed by atoms with van der Waals surface area (Å²) in [6.45, 7) is 0.201. The van der Waals surface area contributed by atoms with Gasteiger partial charge in [-0.2, -0.15) is 5.10 Å². The molecule has 0 unspecified atom stereocenters. The second-order valence-corrected chi connectivity index (χ2v) is 9.14. The van der Waals surface area contributed by atoms with Crippen LogP contribution in [0.5, 0.6) is 5.75 Å². The summed E-state index contributed by atoms with van der Waals surface area (Å²) in [4.78, 5) is 26.4. The lowest BCUT2D eigenvalue weighted by Crippen LogP contribution is -2.18. The molecule has 0 amide bonds. The van der Waals surface area contributed by atoms with Gasteiger partial charge in [0.25, 0.3) is 10.0 Å². The van der Waals surface area contributed by atoms with Gasteiger partial charge in [0.2, 0.25) is 0 Å². The van der Waals surface area contributed by atoms with Crippen LogP contribution in [0.15, 0.2) is 78.2 Å². The molecule has 0 saturated heterocycles. The Labute approximate surface area is 204 Å². The lowest BCUT2D eigenvalue weighted by atomic mass is 10.1. The molecule has 0 fully saturated rings. The molecule has 0 aliphatic rings. The number of nitrogens with zero attached hydrogens (tertiary/aromatic N) is 3. The normalized spacial score (nSPS) is 11.1. The van der Waals surface area contributed by atoms with Crippen molar-refractivity contribution in [2.24, 2.45) is 0 Å². The fourth-order valence-corrected chi connectivity index (χ4v) is 4.67. The number of hydrogen-bond acceptors (Lipinski definition) is 8. The van der Waals surface area contributed by atoms with E-state index in [-0.39, 0.29) is 23.5 Å². The molecule has 184 valence electrons. The molecule has 13 heteroatoms. The van der Waals surface area contributed by atoms with E-state index in [0.717, 1.165) is 35.5 Å². The first kappa shape index (κ1) is 24.2. The molecule has 36 heavy (non-hydrogen) atoms. The summed E-state index contributed by atoms with van der Waals surface area (Å²) in [5.41, 5.74) is 0.595. The van der Waals surface area contributed by atoms with E-state index in [1.165, 1.54) is 18.5 Å². The summed E-state index contributed by atoms with van der Waals surface area (Å²) in [7, 11) is -4.47. The number of aromatic hydroxyl groups is 1. The van der Waals surface area contributed by atoms with Crippen LogP contribution in [0.1, 0.15) is 26.3 Å². The molecule has 0 spiro atoms. The zero-order valence-electron chi connectivity index (χ0n) is 18.4. The number of aromatic nitrogens is 3. The van der Waals surface area contributed by atoms with Gasteiger partial charge in [-0.3, -0.25) is 4.72 Å². The predicted molar refractivity (Wildman–Crippen MR) is 128 cm³/mol. The lowest BCUT2D eigenvalue weighted by Gasteiger charge is -2.15. The third kappa shape index (κ3) is 5.10. The first-order chi connectivity index (χ1) is 17.2. The lowest BCUT2D eigenvalue weighted by molar-refractivity contribution is 0.0684. The molecule has 0 saturated carbocycles. The van der Waals surface area contributed by atoms with Crippen molar-refractivity contribution in [1.29, 1.82) is 0 Å². The molecular formula is C23H19N5O7S. The summed E-state index contributed by atoms with van der Waals surface area (Å²) in [5.74, 6) is -3.41. The average Bonchev–Trinajstić information content (AvgIpc) is 3.39. The minimum Gasteiger partial charge on any atom is -0.506 e. The Kier molecular flexibility index (Phi) is 6.56. The molecule has 0 atom stereocenters. The van der Waals surface area contributed by atoms with Crippen LogP contribution in [0, 0.1) is 0 Å². The van der Waals surface area contributed by atoms with Crippen molar-refractivity contribution in [3.05, 3.63) is 90.0 Å². The number of aromatic carboxylic acids is 2. The predicted octanol–water partition coefficient (Wildman–Crippen LogP) is 2.78. The fourth-order valence-electron chi connectivity index (χ4n) is 3.38. The van der Waals surface area contributed by atoms with Crippen LogP contribution < -0.4 is 10.0 Å². The molecule has 4 aromatic rings. The van der Waals surface area contributed by atoms with Gasteiger partial charge in [-0.05, 0) is 48.0 Å². The fraction of sp³-hybridized carbons (Fsp3) is 0.0435. The highest BCUT2D eigenvalue weighted by atomic mass is 32.2. The van der Waals surface area contributed by atoms with Crippen LogP contribution in [0.2, 0.25) is 0 Å². The van der Waals surface area contributed by atoms with Crippen molar-refractivity contribution in [2.75, 3.05) is 10.0 Å². The van der Waals surface area contributed by atoms with Gasteiger partial charge >= 0.3 is 11.9 Å². The highest BCUT2D eigenvalue weighted by Crippen LogP contribution is 2.30. The number of carboxylic acid groups (broad SMARTS) is 2. The van der Waals surface area contributed by atoms with Crippen LogP contribution in [0.4, 0.5) is 11.4 Å². The standard InChI is InChI=1S/C23H19N5O7S/c29-19-10-15(22(30)31)6-9-17(19)27-36(34,35)20-3-1-2-18(21(20)23(32)33)25-11-14-4-7-16(8-5-14)28-13-24-12-26-28/h1-10,12-13,25,27,29H,11H2,(H,30,31)(H,32,33). The summed E-state index contributed by atoms with van der Waals surface area (Å²) >= 11 is 0. The molecule has 0 aliphatic carbocycles. The summed E-state index contributed by atoms with van der Waals surface area (Å²) in [6.07, 6.45) is 2.96. The number of hydrogen-bond donors (Lipinski definition) is 5. The molecule has 1 aromatic heterocycles. The Bertz CT molecular complexity index is 1540. The molecule has 5 N–H and O–H groups in total.